The second-order valence-corrected chi connectivity index (χ2v) is 7.16. The molecular formula is C23H21N5O5. The zero-order valence-corrected chi connectivity index (χ0v) is 18.3. The number of hydrogen-bond donors (Lipinski definition) is 2. The van der Waals surface area contributed by atoms with Gasteiger partial charge in [0.15, 0.2) is 34.5 Å². The SMILES string of the molecule is COc1cc(-c2nc3c(C#N)c[nH]n3c2Nc2ccc3c(c2)OCCO3)cc(OC)c1OC. The van der Waals surface area contributed by atoms with E-state index in [-0.39, 0.29) is 0 Å². The van der Waals surface area contributed by atoms with Crippen LogP contribution in [0, 0.1) is 11.3 Å². The van der Waals surface area contributed by atoms with E-state index in [1.807, 2.05) is 30.3 Å². The summed E-state index contributed by atoms with van der Waals surface area (Å²) in [5.41, 5.74) is 2.97. The summed E-state index contributed by atoms with van der Waals surface area (Å²) in [5, 5.41) is 16.0. The van der Waals surface area contributed by atoms with E-state index in [0.717, 1.165) is 5.69 Å². The van der Waals surface area contributed by atoms with Crippen LogP contribution in [0.25, 0.3) is 16.9 Å². The van der Waals surface area contributed by atoms with Crippen molar-refractivity contribution < 1.29 is 23.7 Å². The fourth-order valence-corrected chi connectivity index (χ4v) is 3.79. The maximum Gasteiger partial charge on any atom is 0.203 e. The number of aromatic nitrogens is 3. The highest BCUT2D eigenvalue weighted by Gasteiger charge is 2.22. The molecule has 1 aliphatic rings. The monoisotopic (exact) mass is 447 g/mol. The van der Waals surface area contributed by atoms with Crippen molar-refractivity contribution in [3.05, 3.63) is 42.1 Å². The van der Waals surface area contributed by atoms with Crippen LogP contribution in [0.5, 0.6) is 28.7 Å². The highest BCUT2D eigenvalue weighted by Crippen LogP contribution is 2.43. The Bertz CT molecular complexity index is 1360. The maximum atomic E-state index is 9.52. The number of nitrogens with one attached hydrogen (secondary N) is 2. The first-order valence-electron chi connectivity index (χ1n) is 10.1. The molecule has 0 bridgehead atoms. The van der Waals surface area contributed by atoms with Gasteiger partial charge in [-0.3, -0.25) is 5.10 Å². The zero-order valence-electron chi connectivity index (χ0n) is 18.3. The molecule has 4 aromatic rings. The van der Waals surface area contributed by atoms with Crippen LogP contribution < -0.4 is 29.0 Å². The van der Waals surface area contributed by atoms with Crippen LogP contribution in [0.4, 0.5) is 11.5 Å². The van der Waals surface area contributed by atoms with Crippen molar-refractivity contribution in [1.29, 1.82) is 5.26 Å². The highest BCUT2D eigenvalue weighted by atomic mass is 16.6. The predicted molar refractivity (Wildman–Crippen MR) is 120 cm³/mol. The molecule has 0 aliphatic carbocycles. The van der Waals surface area contributed by atoms with Gasteiger partial charge in [-0.05, 0) is 24.3 Å². The first kappa shape index (κ1) is 20.4. The number of H-pyrrole nitrogens is 1. The lowest BCUT2D eigenvalue weighted by Crippen LogP contribution is -2.15. The molecule has 2 N–H and O–H groups in total. The summed E-state index contributed by atoms with van der Waals surface area (Å²) >= 11 is 0. The standard InChI is InChI=1S/C23H21N5O5/c1-29-18-8-13(9-19(30-2)21(18)31-3)20-23(28-22(27-20)14(11-24)12-25-28)26-15-4-5-16-17(10-15)33-7-6-32-16/h4-5,8-10,12,25-26H,6-7H2,1-3H3. The second-order valence-electron chi connectivity index (χ2n) is 7.16. The van der Waals surface area contributed by atoms with Crippen LogP contribution in [0.1, 0.15) is 5.56 Å². The van der Waals surface area contributed by atoms with Crippen molar-refractivity contribution in [3.63, 3.8) is 0 Å². The quantitative estimate of drug-likeness (QED) is 0.459. The number of imidazole rings is 1. The minimum Gasteiger partial charge on any atom is -0.493 e. The number of nitriles is 1. The van der Waals surface area contributed by atoms with Crippen LogP contribution in [-0.2, 0) is 0 Å². The Labute approximate surface area is 189 Å². The predicted octanol–water partition coefficient (Wildman–Crippen LogP) is 3.74. The molecule has 0 atom stereocenters. The van der Waals surface area contributed by atoms with Crippen LogP contribution >= 0.6 is 0 Å². The van der Waals surface area contributed by atoms with Crippen LogP contribution in [-0.4, -0.2) is 49.1 Å². The number of anilines is 2. The first-order chi connectivity index (χ1) is 16.2. The Morgan fingerprint density at radius 2 is 1.76 bits per heavy atom. The fourth-order valence-electron chi connectivity index (χ4n) is 3.79. The zero-order chi connectivity index (χ0) is 22.9. The van der Waals surface area contributed by atoms with Crippen molar-refractivity contribution in [2.75, 3.05) is 39.9 Å². The molecule has 1 aliphatic heterocycles. The number of fused-ring (bicyclic) bond motifs is 2. The van der Waals surface area contributed by atoms with Crippen molar-refractivity contribution in [2.45, 2.75) is 0 Å². The number of benzene rings is 2. The van der Waals surface area contributed by atoms with Crippen molar-refractivity contribution >= 4 is 17.2 Å². The first-order valence-corrected chi connectivity index (χ1v) is 10.1. The Kier molecular flexibility index (Phi) is 5.06. The number of methoxy groups -OCH3 is 3. The Morgan fingerprint density at radius 1 is 1.03 bits per heavy atom. The molecule has 2 aromatic heterocycles. The van der Waals surface area contributed by atoms with E-state index in [0.29, 0.717) is 70.2 Å². The molecule has 0 fully saturated rings. The lowest BCUT2D eigenvalue weighted by Gasteiger charge is -2.19. The second kappa shape index (κ2) is 8.20. The van der Waals surface area contributed by atoms with E-state index in [4.69, 9.17) is 28.7 Å². The summed E-state index contributed by atoms with van der Waals surface area (Å²) in [6.07, 6.45) is 1.61. The van der Waals surface area contributed by atoms with Crippen molar-refractivity contribution in [1.82, 2.24) is 14.6 Å². The van der Waals surface area contributed by atoms with Gasteiger partial charge in [0.05, 0.1) is 21.3 Å². The van der Waals surface area contributed by atoms with Gasteiger partial charge in [0.25, 0.3) is 0 Å². The largest absolute Gasteiger partial charge is 0.493 e. The molecule has 0 radical (unpaired) electrons. The van der Waals surface area contributed by atoms with E-state index < -0.39 is 0 Å². The van der Waals surface area contributed by atoms with Gasteiger partial charge in [-0.25, -0.2) is 9.50 Å². The molecule has 10 nitrogen and oxygen atoms in total. The summed E-state index contributed by atoms with van der Waals surface area (Å²) in [4.78, 5) is 4.74. The van der Waals surface area contributed by atoms with Gasteiger partial charge in [-0.15, -0.1) is 0 Å². The normalized spacial score (nSPS) is 12.3. The highest BCUT2D eigenvalue weighted by molar-refractivity contribution is 5.83. The van der Waals surface area contributed by atoms with Gasteiger partial charge in [-0.2, -0.15) is 5.26 Å². The van der Waals surface area contributed by atoms with E-state index in [1.165, 1.54) is 0 Å². The summed E-state index contributed by atoms with van der Waals surface area (Å²) in [6, 6.07) is 11.4. The maximum absolute atomic E-state index is 9.52. The lowest BCUT2D eigenvalue weighted by atomic mass is 10.1. The lowest BCUT2D eigenvalue weighted by molar-refractivity contribution is 0.171. The summed E-state index contributed by atoms with van der Waals surface area (Å²) in [5.74, 6) is 3.45. The number of ether oxygens (including phenoxy) is 5. The Balaban J connectivity index is 1.67. The van der Waals surface area contributed by atoms with Crippen LogP contribution in [0.15, 0.2) is 36.5 Å². The molecule has 168 valence electrons. The van der Waals surface area contributed by atoms with Crippen molar-refractivity contribution in [2.24, 2.45) is 0 Å². The molecule has 0 saturated heterocycles. The van der Waals surface area contributed by atoms with Gasteiger partial charge >= 0.3 is 0 Å². The molecule has 0 spiro atoms. The number of aromatic amines is 1. The van der Waals surface area contributed by atoms with E-state index in [2.05, 4.69) is 16.5 Å². The van der Waals surface area contributed by atoms with Gasteiger partial charge in [0.1, 0.15) is 30.5 Å². The minimum absolute atomic E-state index is 0.416. The number of nitrogens with zero attached hydrogens (tertiary/aromatic N) is 3. The van der Waals surface area contributed by atoms with E-state index in [1.54, 1.807) is 32.0 Å². The molecule has 5 rings (SSSR count). The van der Waals surface area contributed by atoms with Gasteiger partial charge in [0.2, 0.25) is 5.75 Å². The molecule has 33 heavy (non-hydrogen) atoms. The number of rotatable bonds is 6. The van der Waals surface area contributed by atoms with Gasteiger partial charge in [-0.1, -0.05) is 0 Å². The van der Waals surface area contributed by atoms with E-state index >= 15 is 0 Å². The minimum atomic E-state index is 0.416. The Morgan fingerprint density at radius 3 is 2.42 bits per heavy atom. The Hall–Kier alpha value is -4.52. The molecule has 0 amide bonds. The molecular weight excluding hydrogens is 426 g/mol. The third-order valence-electron chi connectivity index (χ3n) is 5.32. The summed E-state index contributed by atoms with van der Waals surface area (Å²) < 4.78 is 29.5. The summed E-state index contributed by atoms with van der Waals surface area (Å²) in [6.45, 7) is 1.01. The third kappa shape index (κ3) is 3.40. The van der Waals surface area contributed by atoms with Crippen LogP contribution in [0.2, 0.25) is 0 Å². The molecule has 0 unspecified atom stereocenters. The average Bonchev–Trinajstić information content (AvgIpc) is 3.42. The van der Waals surface area contributed by atoms with Crippen LogP contribution in [0.3, 0.4) is 0 Å². The molecule has 10 heteroatoms. The number of hydrogen-bond acceptors (Lipinski definition) is 8. The molecule has 0 saturated carbocycles. The van der Waals surface area contributed by atoms with Gasteiger partial charge in [0, 0.05) is 23.5 Å². The topological polar surface area (TPSA) is 115 Å². The molecule has 2 aromatic carbocycles. The smallest absolute Gasteiger partial charge is 0.203 e. The van der Waals surface area contributed by atoms with E-state index in [9.17, 15) is 5.26 Å². The molecule has 3 heterocycles. The van der Waals surface area contributed by atoms with Gasteiger partial charge < -0.3 is 29.0 Å². The fraction of sp³-hybridized carbons (Fsp3) is 0.217. The summed E-state index contributed by atoms with van der Waals surface area (Å²) in [7, 11) is 4.66. The van der Waals surface area contributed by atoms with Crippen molar-refractivity contribution in [3.8, 4) is 46.1 Å². The third-order valence-corrected chi connectivity index (χ3v) is 5.32. The average molecular weight is 447 g/mol.